The van der Waals surface area contributed by atoms with Gasteiger partial charge in [0.05, 0.1) is 10.2 Å². The summed E-state index contributed by atoms with van der Waals surface area (Å²) >= 11 is 1.70. The van der Waals surface area contributed by atoms with Gasteiger partial charge in [0.2, 0.25) is 0 Å². The number of hydrogen-bond acceptors (Lipinski definition) is 3. The highest BCUT2D eigenvalue weighted by Gasteiger charge is 2.14. The summed E-state index contributed by atoms with van der Waals surface area (Å²) in [6, 6.07) is 19.3. The number of aromatic nitrogens is 1. The van der Waals surface area contributed by atoms with Gasteiger partial charge in [0, 0.05) is 11.3 Å². The lowest BCUT2D eigenvalue weighted by Crippen LogP contribution is -1.93. The number of benzene rings is 3. The Balaban J connectivity index is 1.84. The Kier molecular flexibility index (Phi) is 4.25. The van der Waals surface area contributed by atoms with Crippen LogP contribution in [0.3, 0.4) is 0 Å². The van der Waals surface area contributed by atoms with Gasteiger partial charge < -0.3 is 5.32 Å². The molecule has 0 fully saturated rings. The number of thiazole rings is 1. The molecule has 0 aliphatic rings. The number of hydrogen-bond donors (Lipinski definition) is 1. The van der Waals surface area contributed by atoms with Crippen LogP contribution in [0.1, 0.15) is 22.3 Å². The van der Waals surface area contributed by atoms with Crippen LogP contribution >= 0.6 is 11.3 Å². The van der Waals surface area contributed by atoms with Gasteiger partial charge in [0.15, 0.2) is 5.13 Å². The molecule has 2 nitrogen and oxygen atoms in total. The summed E-state index contributed by atoms with van der Waals surface area (Å²) in [6.07, 6.45) is 0. The fourth-order valence-corrected chi connectivity index (χ4v) is 4.54. The molecule has 0 amide bonds. The van der Waals surface area contributed by atoms with E-state index in [4.69, 9.17) is 4.98 Å². The molecular weight excluding hydrogens is 336 g/mol. The lowest BCUT2D eigenvalue weighted by Gasteiger charge is -2.12. The standard InChI is InChI=1S/C23H22N2S/c1-14-12-16(3)21(17(4)13-14)18-9-7-11-20-22(18)25-23(26-20)24-19-10-6-5-8-15(19)2/h5-13H,1-4H3,(H,24,25). The molecule has 26 heavy (non-hydrogen) atoms. The van der Waals surface area contributed by atoms with E-state index in [9.17, 15) is 0 Å². The molecule has 0 radical (unpaired) electrons. The van der Waals surface area contributed by atoms with Crippen molar-refractivity contribution in [2.24, 2.45) is 0 Å². The van der Waals surface area contributed by atoms with Gasteiger partial charge in [0.1, 0.15) is 0 Å². The maximum absolute atomic E-state index is 4.94. The van der Waals surface area contributed by atoms with Crippen LogP contribution in [0.5, 0.6) is 0 Å². The molecule has 1 heterocycles. The fourth-order valence-electron chi connectivity index (χ4n) is 3.64. The van der Waals surface area contributed by atoms with Gasteiger partial charge in [-0.3, -0.25) is 0 Å². The molecule has 0 bridgehead atoms. The van der Waals surface area contributed by atoms with Crippen molar-refractivity contribution in [3.8, 4) is 11.1 Å². The maximum Gasteiger partial charge on any atom is 0.188 e. The van der Waals surface area contributed by atoms with Crippen LogP contribution in [-0.2, 0) is 0 Å². The number of fused-ring (bicyclic) bond motifs is 1. The average Bonchev–Trinajstić information content (AvgIpc) is 2.99. The van der Waals surface area contributed by atoms with Crippen molar-refractivity contribution >= 4 is 32.4 Å². The van der Waals surface area contributed by atoms with E-state index in [2.05, 4.69) is 81.5 Å². The minimum absolute atomic E-state index is 0.934. The molecule has 130 valence electrons. The van der Waals surface area contributed by atoms with E-state index >= 15 is 0 Å². The summed E-state index contributed by atoms with van der Waals surface area (Å²) in [6.45, 7) is 8.64. The fraction of sp³-hybridized carbons (Fsp3) is 0.174. The number of para-hydroxylation sites is 2. The van der Waals surface area contributed by atoms with Crippen LogP contribution in [-0.4, -0.2) is 4.98 Å². The predicted octanol–water partition coefficient (Wildman–Crippen LogP) is 6.94. The molecule has 0 aliphatic carbocycles. The predicted molar refractivity (Wildman–Crippen MR) is 114 cm³/mol. The number of rotatable bonds is 3. The number of nitrogens with one attached hydrogen (secondary N) is 1. The zero-order valence-electron chi connectivity index (χ0n) is 15.6. The van der Waals surface area contributed by atoms with Crippen LogP contribution in [0.25, 0.3) is 21.3 Å². The summed E-state index contributed by atoms with van der Waals surface area (Å²) < 4.78 is 1.21. The SMILES string of the molecule is Cc1cc(C)c(-c2cccc3sc(Nc4ccccc4C)nc23)c(C)c1. The highest BCUT2D eigenvalue weighted by Crippen LogP contribution is 2.37. The van der Waals surface area contributed by atoms with Crippen molar-refractivity contribution < 1.29 is 0 Å². The first-order chi connectivity index (χ1) is 12.5. The average molecular weight is 359 g/mol. The molecule has 1 N–H and O–H groups in total. The van der Waals surface area contributed by atoms with E-state index in [1.54, 1.807) is 11.3 Å². The molecule has 0 aliphatic heterocycles. The highest BCUT2D eigenvalue weighted by molar-refractivity contribution is 7.22. The Hall–Kier alpha value is -2.65. The number of aryl methyl sites for hydroxylation is 4. The zero-order chi connectivity index (χ0) is 18.3. The first kappa shape index (κ1) is 16.8. The van der Waals surface area contributed by atoms with Gasteiger partial charge in [-0.15, -0.1) is 0 Å². The smallest absolute Gasteiger partial charge is 0.188 e. The third-order valence-corrected chi connectivity index (χ3v) is 5.69. The first-order valence-corrected chi connectivity index (χ1v) is 9.65. The molecule has 0 atom stereocenters. The van der Waals surface area contributed by atoms with E-state index < -0.39 is 0 Å². The van der Waals surface area contributed by atoms with Gasteiger partial charge in [-0.25, -0.2) is 4.98 Å². The molecule has 4 aromatic rings. The zero-order valence-corrected chi connectivity index (χ0v) is 16.4. The highest BCUT2D eigenvalue weighted by atomic mass is 32.1. The first-order valence-electron chi connectivity index (χ1n) is 8.83. The summed E-state index contributed by atoms with van der Waals surface area (Å²) in [5.41, 5.74) is 9.82. The van der Waals surface area contributed by atoms with Gasteiger partial charge >= 0.3 is 0 Å². The monoisotopic (exact) mass is 358 g/mol. The van der Waals surface area contributed by atoms with E-state index in [-0.39, 0.29) is 0 Å². The molecule has 0 saturated heterocycles. The summed E-state index contributed by atoms with van der Waals surface area (Å²) in [7, 11) is 0. The van der Waals surface area contributed by atoms with E-state index in [1.807, 2.05) is 6.07 Å². The summed E-state index contributed by atoms with van der Waals surface area (Å²) in [5, 5.41) is 4.42. The molecule has 0 spiro atoms. The molecule has 0 saturated carbocycles. The van der Waals surface area contributed by atoms with Crippen molar-refractivity contribution in [3.05, 3.63) is 76.9 Å². The van der Waals surface area contributed by atoms with Gasteiger partial charge in [-0.2, -0.15) is 0 Å². The summed E-state index contributed by atoms with van der Waals surface area (Å²) in [4.78, 5) is 4.94. The van der Waals surface area contributed by atoms with Crippen LogP contribution in [0.15, 0.2) is 54.6 Å². The Morgan fingerprint density at radius 2 is 1.54 bits per heavy atom. The molecule has 3 heteroatoms. The van der Waals surface area contributed by atoms with Crippen LogP contribution in [0.2, 0.25) is 0 Å². The van der Waals surface area contributed by atoms with Crippen molar-refractivity contribution in [2.75, 3.05) is 5.32 Å². The maximum atomic E-state index is 4.94. The second kappa shape index (κ2) is 6.58. The van der Waals surface area contributed by atoms with Crippen molar-refractivity contribution in [1.82, 2.24) is 4.98 Å². The van der Waals surface area contributed by atoms with Crippen LogP contribution in [0, 0.1) is 27.7 Å². The van der Waals surface area contributed by atoms with Crippen molar-refractivity contribution in [2.45, 2.75) is 27.7 Å². The van der Waals surface area contributed by atoms with Crippen molar-refractivity contribution in [3.63, 3.8) is 0 Å². The quantitative estimate of drug-likeness (QED) is 0.429. The molecular formula is C23H22N2S. The summed E-state index contributed by atoms with van der Waals surface area (Å²) in [5.74, 6) is 0. The van der Waals surface area contributed by atoms with E-state index in [0.29, 0.717) is 0 Å². The molecule has 3 aromatic carbocycles. The van der Waals surface area contributed by atoms with Gasteiger partial charge in [0.25, 0.3) is 0 Å². The Morgan fingerprint density at radius 3 is 2.27 bits per heavy atom. The van der Waals surface area contributed by atoms with Gasteiger partial charge in [-0.05, 0) is 62.1 Å². The minimum atomic E-state index is 0.934. The van der Waals surface area contributed by atoms with Crippen molar-refractivity contribution in [1.29, 1.82) is 0 Å². The Labute approximate surface area is 158 Å². The molecule has 0 unspecified atom stereocenters. The van der Waals surface area contributed by atoms with Gasteiger partial charge in [-0.1, -0.05) is 59.4 Å². The third kappa shape index (κ3) is 2.99. The number of anilines is 2. The Morgan fingerprint density at radius 1 is 0.808 bits per heavy atom. The Bertz CT molecular complexity index is 1090. The topological polar surface area (TPSA) is 24.9 Å². The second-order valence-electron chi connectivity index (χ2n) is 6.88. The molecule has 4 rings (SSSR count). The molecule has 1 aromatic heterocycles. The largest absolute Gasteiger partial charge is 0.331 e. The van der Waals surface area contributed by atoms with E-state index in [1.165, 1.54) is 38.1 Å². The lowest BCUT2D eigenvalue weighted by molar-refractivity contribution is 1.32. The third-order valence-electron chi connectivity index (χ3n) is 4.75. The van der Waals surface area contributed by atoms with Crippen LogP contribution in [0.4, 0.5) is 10.8 Å². The number of nitrogens with zero attached hydrogens (tertiary/aromatic N) is 1. The normalized spacial score (nSPS) is 11.1. The minimum Gasteiger partial charge on any atom is -0.331 e. The van der Waals surface area contributed by atoms with Crippen LogP contribution < -0.4 is 5.32 Å². The van der Waals surface area contributed by atoms with E-state index in [0.717, 1.165) is 16.3 Å². The lowest BCUT2D eigenvalue weighted by atomic mass is 9.93. The second-order valence-corrected chi connectivity index (χ2v) is 7.92.